The summed E-state index contributed by atoms with van der Waals surface area (Å²) in [6, 6.07) is 0. The first-order valence-electron chi connectivity index (χ1n) is 5.26. The first-order valence-corrected chi connectivity index (χ1v) is 7.06. The minimum absolute atomic E-state index is 0.247. The van der Waals surface area contributed by atoms with E-state index < -0.39 is 8.80 Å². The maximum absolute atomic E-state index is 5.52. The summed E-state index contributed by atoms with van der Waals surface area (Å²) < 4.78 is 16.6. The largest absolute Gasteiger partial charge is 0.507 e. The Labute approximate surface area is 93.1 Å². The summed E-state index contributed by atoms with van der Waals surface area (Å²) in [6.07, 6.45) is 8.49. The lowest BCUT2D eigenvalue weighted by atomic mass is 10.1. The van der Waals surface area contributed by atoms with E-state index >= 15 is 0 Å². The fraction of sp³-hybridized carbons (Fsp3) is 0.636. The van der Waals surface area contributed by atoms with Crippen LogP contribution in [-0.4, -0.2) is 30.1 Å². The summed E-state index contributed by atoms with van der Waals surface area (Å²) in [6.45, 7) is 2.14. The van der Waals surface area contributed by atoms with Gasteiger partial charge < -0.3 is 13.3 Å². The van der Waals surface area contributed by atoms with Gasteiger partial charge in [-0.05, 0) is 18.4 Å². The van der Waals surface area contributed by atoms with Gasteiger partial charge in [-0.15, -0.1) is 0 Å². The highest BCUT2D eigenvalue weighted by molar-refractivity contribution is 6.63. The zero-order valence-electron chi connectivity index (χ0n) is 9.95. The summed E-state index contributed by atoms with van der Waals surface area (Å²) in [5.41, 5.74) is 1.53. The summed E-state index contributed by atoms with van der Waals surface area (Å²) in [7, 11) is 2.47. The van der Waals surface area contributed by atoms with Crippen molar-refractivity contribution in [1.29, 1.82) is 0 Å². The Morgan fingerprint density at radius 1 is 1.27 bits per heavy atom. The van der Waals surface area contributed by atoms with E-state index in [1.807, 2.05) is 0 Å². The minimum atomic E-state index is -2.53. The molecule has 0 aliphatic heterocycles. The van der Waals surface area contributed by atoms with Crippen LogP contribution < -0.4 is 0 Å². The molecule has 0 aromatic rings. The van der Waals surface area contributed by atoms with E-state index in [1.54, 1.807) is 21.3 Å². The first kappa shape index (κ1) is 12.6. The van der Waals surface area contributed by atoms with Crippen LogP contribution in [0.2, 0.25) is 5.54 Å². The number of hydrogen-bond acceptors (Lipinski definition) is 3. The van der Waals surface area contributed by atoms with Crippen LogP contribution in [-0.2, 0) is 13.3 Å². The Balaban J connectivity index is 2.91. The van der Waals surface area contributed by atoms with Crippen LogP contribution >= 0.6 is 0 Å². The second-order valence-electron chi connectivity index (χ2n) is 3.52. The lowest BCUT2D eigenvalue weighted by molar-refractivity contribution is 0.115. The molecule has 0 fully saturated rings. The van der Waals surface area contributed by atoms with Gasteiger partial charge >= 0.3 is 8.80 Å². The molecular formula is C11H20O3Si. The van der Waals surface area contributed by atoms with Crippen molar-refractivity contribution in [2.75, 3.05) is 21.3 Å². The van der Waals surface area contributed by atoms with E-state index in [0.29, 0.717) is 0 Å². The maximum Gasteiger partial charge on any atom is 0.507 e. The van der Waals surface area contributed by atoms with E-state index in [1.165, 1.54) is 5.57 Å². The lowest BCUT2D eigenvalue weighted by Gasteiger charge is -2.32. The van der Waals surface area contributed by atoms with Crippen LogP contribution in [0.5, 0.6) is 0 Å². The predicted octanol–water partition coefficient (Wildman–Crippen LogP) is 2.53. The van der Waals surface area contributed by atoms with Crippen LogP contribution in [0.4, 0.5) is 0 Å². The molecule has 1 aliphatic carbocycles. The van der Waals surface area contributed by atoms with Crippen molar-refractivity contribution in [1.82, 2.24) is 0 Å². The van der Waals surface area contributed by atoms with Gasteiger partial charge in [0.25, 0.3) is 0 Å². The third-order valence-electron chi connectivity index (χ3n) is 2.89. The van der Waals surface area contributed by atoms with Crippen molar-refractivity contribution in [2.24, 2.45) is 0 Å². The highest BCUT2D eigenvalue weighted by Gasteiger charge is 2.47. The van der Waals surface area contributed by atoms with Crippen molar-refractivity contribution in [3.63, 3.8) is 0 Å². The molecule has 3 nitrogen and oxygen atoms in total. The van der Waals surface area contributed by atoms with Gasteiger partial charge in [-0.25, -0.2) is 0 Å². The lowest BCUT2D eigenvalue weighted by Crippen LogP contribution is -2.48. The summed E-state index contributed by atoms with van der Waals surface area (Å²) in [4.78, 5) is 0. The van der Waals surface area contributed by atoms with Gasteiger partial charge in [-0.2, -0.15) is 0 Å². The fourth-order valence-corrected chi connectivity index (χ4v) is 4.58. The Morgan fingerprint density at radius 2 is 1.87 bits per heavy atom. The smallest absolute Gasteiger partial charge is 0.376 e. The second-order valence-corrected chi connectivity index (χ2v) is 6.65. The molecule has 1 atom stereocenters. The molecule has 0 radical (unpaired) electrons. The molecule has 1 aliphatic rings. The van der Waals surface area contributed by atoms with Gasteiger partial charge in [0, 0.05) is 21.3 Å². The third-order valence-corrected chi connectivity index (χ3v) is 6.19. The molecular weight excluding hydrogens is 208 g/mol. The molecule has 1 rings (SSSR count). The molecule has 0 heterocycles. The first-order chi connectivity index (χ1) is 7.24. The van der Waals surface area contributed by atoms with Crippen molar-refractivity contribution >= 4 is 8.80 Å². The molecule has 0 spiro atoms. The molecule has 0 amide bonds. The van der Waals surface area contributed by atoms with Crippen LogP contribution in [0, 0.1) is 0 Å². The third kappa shape index (κ3) is 2.39. The van der Waals surface area contributed by atoms with Gasteiger partial charge in [0.2, 0.25) is 0 Å². The average molecular weight is 228 g/mol. The van der Waals surface area contributed by atoms with Gasteiger partial charge in [0.15, 0.2) is 0 Å². The summed E-state index contributed by atoms with van der Waals surface area (Å²) in [5.74, 6) is 0. The molecule has 0 aromatic heterocycles. The Morgan fingerprint density at radius 3 is 2.20 bits per heavy atom. The summed E-state index contributed by atoms with van der Waals surface area (Å²) in [5, 5.41) is 0. The normalized spacial score (nSPS) is 18.0. The van der Waals surface area contributed by atoms with E-state index in [4.69, 9.17) is 13.3 Å². The van der Waals surface area contributed by atoms with E-state index in [2.05, 4.69) is 25.2 Å². The highest BCUT2D eigenvalue weighted by atomic mass is 28.4. The van der Waals surface area contributed by atoms with Gasteiger partial charge in [0.05, 0.1) is 5.54 Å². The quantitative estimate of drug-likeness (QED) is 0.654. The number of hydrogen-bond donors (Lipinski definition) is 0. The molecule has 86 valence electrons. The van der Waals surface area contributed by atoms with Crippen molar-refractivity contribution in [2.45, 2.75) is 25.3 Å². The van der Waals surface area contributed by atoms with Crippen molar-refractivity contribution in [3.05, 3.63) is 23.8 Å². The van der Waals surface area contributed by atoms with Gasteiger partial charge in [0.1, 0.15) is 0 Å². The maximum atomic E-state index is 5.52. The van der Waals surface area contributed by atoms with Gasteiger partial charge in [-0.1, -0.05) is 25.2 Å². The molecule has 0 N–H and O–H groups in total. The monoisotopic (exact) mass is 228 g/mol. The predicted molar refractivity (Wildman–Crippen MR) is 62.7 cm³/mol. The Bertz CT molecular complexity index is 248. The van der Waals surface area contributed by atoms with Gasteiger partial charge in [-0.3, -0.25) is 0 Å². The highest BCUT2D eigenvalue weighted by Crippen LogP contribution is 2.36. The van der Waals surface area contributed by atoms with Crippen molar-refractivity contribution in [3.8, 4) is 0 Å². The zero-order valence-corrected chi connectivity index (χ0v) is 10.9. The van der Waals surface area contributed by atoms with E-state index in [-0.39, 0.29) is 5.54 Å². The summed E-state index contributed by atoms with van der Waals surface area (Å²) >= 11 is 0. The SMILES string of the molecule is CCC(C1=CCC=C1)[Si](OC)(OC)OC. The number of allylic oxidation sites excluding steroid dienone is 4. The molecule has 1 unspecified atom stereocenters. The van der Waals surface area contributed by atoms with Crippen LogP contribution in [0.15, 0.2) is 23.8 Å². The number of rotatable bonds is 6. The molecule has 15 heavy (non-hydrogen) atoms. The van der Waals surface area contributed by atoms with E-state index in [9.17, 15) is 0 Å². The molecule has 0 saturated heterocycles. The molecule has 0 saturated carbocycles. The average Bonchev–Trinajstić information content (AvgIpc) is 2.79. The molecule has 0 bridgehead atoms. The van der Waals surface area contributed by atoms with E-state index in [0.717, 1.165) is 12.8 Å². The zero-order chi connectivity index (χ0) is 11.3. The van der Waals surface area contributed by atoms with Crippen LogP contribution in [0.25, 0.3) is 0 Å². The standard InChI is InChI=1S/C11H20O3Si/c1-5-11(10-8-6-7-9-10)15(12-2,13-3)14-4/h6,8-9,11H,5,7H2,1-4H3. The Kier molecular flexibility index (Phi) is 4.72. The van der Waals surface area contributed by atoms with Crippen molar-refractivity contribution < 1.29 is 13.3 Å². The topological polar surface area (TPSA) is 27.7 Å². The minimum Gasteiger partial charge on any atom is -0.376 e. The van der Waals surface area contributed by atoms with Crippen LogP contribution in [0.3, 0.4) is 0 Å². The Hall–Kier alpha value is -0.423. The fourth-order valence-electron chi connectivity index (χ4n) is 2.10. The second kappa shape index (κ2) is 5.60. The van der Waals surface area contributed by atoms with Crippen LogP contribution in [0.1, 0.15) is 19.8 Å². The molecule has 4 heteroatoms. The molecule has 0 aromatic carbocycles.